The van der Waals surface area contributed by atoms with Crippen molar-refractivity contribution in [2.75, 3.05) is 25.1 Å². The summed E-state index contributed by atoms with van der Waals surface area (Å²) < 4.78 is 25.1. The molecule has 1 saturated heterocycles. The molecule has 0 aromatic carbocycles. The smallest absolute Gasteiger partial charge is 0.150 e. The largest absolute Gasteiger partial charge is 0.337 e. The lowest BCUT2D eigenvalue weighted by molar-refractivity contribution is 0.102. The van der Waals surface area contributed by atoms with Crippen molar-refractivity contribution in [1.29, 1.82) is 0 Å². The van der Waals surface area contributed by atoms with E-state index >= 15 is 0 Å². The number of imidazole rings is 1. The Morgan fingerprint density at radius 2 is 2.11 bits per heavy atom. The first-order valence-corrected chi connectivity index (χ1v) is 8.29. The van der Waals surface area contributed by atoms with Gasteiger partial charge >= 0.3 is 0 Å². The fourth-order valence-electron chi connectivity index (χ4n) is 2.59. The van der Waals surface area contributed by atoms with E-state index in [9.17, 15) is 8.42 Å². The van der Waals surface area contributed by atoms with Crippen LogP contribution < -0.4 is 5.73 Å². The second-order valence-corrected chi connectivity index (χ2v) is 7.69. The molecule has 2 heterocycles. The quantitative estimate of drug-likeness (QED) is 0.826. The van der Waals surface area contributed by atoms with Gasteiger partial charge in [-0.1, -0.05) is 0 Å². The molecule has 19 heavy (non-hydrogen) atoms. The van der Waals surface area contributed by atoms with Crippen LogP contribution in [0.1, 0.15) is 18.7 Å². The molecule has 0 radical (unpaired) electrons. The Balaban J connectivity index is 2.11. The molecule has 0 unspecified atom stereocenters. The van der Waals surface area contributed by atoms with Gasteiger partial charge in [0.25, 0.3) is 0 Å². The van der Waals surface area contributed by atoms with Gasteiger partial charge in [-0.2, -0.15) is 0 Å². The molecule has 1 aromatic rings. The van der Waals surface area contributed by atoms with Crippen molar-refractivity contribution < 1.29 is 8.42 Å². The summed E-state index contributed by atoms with van der Waals surface area (Å²) >= 11 is 0. The zero-order valence-corrected chi connectivity index (χ0v) is 12.4. The van der Waals surface area contributed by atoms with Gasteiger partial charge in [-0.15, -0.1) is 0 Å². The zero-order chi connectivity index (χ0) is 14.1. The number of nitrogens with two attached hydrogens (primary N) is 1. The van der Waals surface area contributed by atoms with Crippen molar-refractivity contribution in [3.8, 4) is 0 Å². The maximum Gasteiger partial charge on any atom is 0.150 e. The van der Waals surface area contributed by atoms with E-state index in [1.807, 2.05) is 24.9 Å². The van der Waals surface area contributed by atoms with Crippen LogP contribution in [0.5, 0.6) is 0 Å². The Morgan fingerprint density at radius 1 is 1.47 bits per heavy atom. The maximum absolute atomic E-state index is 11.6. The summed E-state index contributed by atoms with van der Waals surface area (Å²) in [6.07, 6.45) is 4.88. The molecule has 7 heteroatoms. The number of likely N-dealkylation sites (N-methyl/N-ethyl adjacent to an activating group) is 1. The summed E-state index contributed by atoms with van der Waals surface area (Å²) in [5.41, 5.74) is 5.71. The van der Waals surface area contributed by atoms with Crippen LogP contribution in [0.2, 0.25) is 0 Å². The average molecular weight is 286 g/mol. The van der Waals surface area contributed by atoms with Crippen molar-refractivity contribution in [3.05, 3.63) is 18.2 Å². The summed E-state index contributed by atoms with van der Waals surface area (Å²) in [6.45, 7) is 1.16. The number of hydrogen-bond donors (Lipinski definition) is 1. The lowest BCUT2D eigenvalue weighted by Crippen LogP contribution is -2.56. The van der Waals surface area contributed by atoms with E-state index in [1.165, 1.54) is 0 Å². The minimum absolute atomic E-state index is 0.225. The Morgan fingerprint density at radius 3 is 2.58 bits per heavy atom. The molecule has 6 nitrogen and oxygen atoms in total. The molecule has 1 aromatic heterocycles. The topological polar surface area (TPSA) is 81.2 Å². The maximum atomic E-state index is 11.6. The van der Waals surface area contributed by atoms with Crippen molar-refractivity contribution in [2.45, 2.75) is 24.9 Å². The first kappa shape index (κ1) is 14.5. The predicted octanol–water partition coefficient (Wildman–Crippen LogP) is -0.242. The van der Waals surface area contributed by atoms with E-state index in [2.05, 4.69) is 9.88 Å². The molecule has 108 valence electrons. The second kappa shape index (κ2) is 5.22. The van der Waals surface area contributed by atoms with Crippen LogP contribution >= 0.6 is 0 Å². The predicted molar refractivity (Wildman–Crippen MR) is 74.3 cm³/mol. The summed E-state index contributed by atoms with van der Waals surface area (Å²) in [5, 5.41) is 0. The summed E-state index contributed by atoms with van der Waals surface area (Å²) in [5.74, 6) is 1.42. The Labute approximate surface area is 114 Å². The fraction of sp³-hybridized carbons (Fsp3) is 0.750. The van der Waals surface area contributed by atoms with Gasteiger partial charge in [0.1, 0.15) is 15.7 Å². The van der Waals surface area contributed by atoms with Crippen LogP contribution in [0.4, 0.5) is 0 Å². The third-order valence-electron chi connectivity index (χ3n) is 4.25. The monoisotopic (exact) mass is 286 g/mol. The standard InChI is InChI=1S/C12H22N4O2S/c1-15-6-5-14-11(15)9-16(2)12(10-13)3-7-19(17,18)8-4-12/h5-6H,3-4,7-10,13H2,1-2H3. The van der Waals surface area contributed by atoms with Crippen LogP contribution in [0.3, 0.4) is 0 Å². The van der Waals surface area contributed by atoms with Crippen LogP contribution in [-0.2, 0) is 23.4 Å². The molecule has 2 N–H and O–H groups in total. The van der Waals surface area contributed by atoms with Crippen LogP contribution in [0.15, 0.2) is 12.4 Å². The lowest BCUT2D eigenvalue weighted by Gasteiger charge is -2.43. The van der Waals surface area contributed by atoms with Gasteiger partial charge in [0.15, 0.2) is 0 Å². The van der Waals surface area contributed by atoms with Gasteiger partial charge < -0.3 is 10.3 Å². The molecule has 1 fully saturated rings. The zero-order valence-electron chi connectivity index (χ0n) is 11.5. The molecule has 0 spiro atoms. The number of hydrogen-bond acceptors (Lipinski definition) is 5. The van der Waals surface area contributed by atoms with Gasteiger partial charge in [-0.05, 0) is 19.9 Å². The van der Waals surface area contributed by atoms with Crippen LogP contribution in [0, 0.1) is 0 Å². The molecular weight excluding hydrogens is 264 g/mol. The Bertz CT molecular complexity index is 524. The van der Waals surface area contributed by atoms with Gasteiger partial charge in [0.2, 0.25) is 0 Å². The molecular formula is C12H22N4O2S. The number of sulfone groups is 1. The van der Waals surface area contributed by atoms with E-state index in [4.69, 9.17) is 5.73 Å². The number of rotatable bonds is 4. The summed E-state index contributed by atoms with van der Waals surface area (Å²) in [4.78, 5) is 6.46. The molecule has 2 rings (SSSR count). The Hall–Kier alpha value is -0.920. The van der Waals surface area contributed by atoms with E-state index in [1.54, 1.807) is 6.20 Å². The fourth-order valence-corrected chi connectivity index (χ4v) is 4.17. The molecule has 1 aliphatic heterocycles. The molecule has 0 amide bonds. The summed E-state index contributed by atoms with van der Waals surface area (Å²) in [7, 11) is 1.08. The SMILES string of the molecule is CN(Cc1nccn1C)C1(CN)CCS(=O)(=O)CC1. The molecule has 0 bridgehead atoms. The van der Waals surface area contributed by atoms with Gasteiger partial charge in [0, 0.05) is 31.5 Å². The molecule has 0 atom stereocenters. The molecule has 1 aliphatic rings. The van der Waals surface area contributed by atoms with Crippen molar-refractivity contribution in [2.24, 2.45) is 12.8 Å². The molecule has 0 aliphatic carbocycles. The van der Waals surface area contributed by atoms with Crippen LogP contribution in [-0.4, -0.2) is 53.5 Å². The number of aryl methyl sites for hydroxylation is 1. The van der Waals surface area contributed by atoms with E-state index < -0.39 is 9.84 Å². The molecule has 0 saturated carbocycles. The van der Waals surface area contributed by atoms with Gasteiger partial charge in [0.05, 0.1) is 18.1 Å². The normalized spacial score (nSPS) is 21.7. The minimum atomic E-state index is -2.87. The minimum Gasteiger partial charge on any atom is -0.337 e. The van der Waals surface area contributed by atoms with E-state index in [-0.39, 0.29) is 17.0 Å². The average Bonchev–Trinajstić information content (AvgIpc) is 2.76. The summed E-state index contributed by atoms with van der Waals surface area (Å²) in [6, 6.07) is 0. The third-order valence-corrected chi connectivity index (χ3v) is 5.90. The highest BCUT2D eigenvalue weighted by atomic mass is 32.2. The lowest BCUT2D eigenvalue weighted by atomic mass is 9.90. The number of nitrogens with zero attached hydrogens (tertiary/aromatic N) is 3. The van der Waals surface area contributed by atoms with Crippen LogP contribution in [0.25, 0.3) is 0 Å². The van der Waals surface area contributed by atoms with E-state index in [0.29, 0.717) is 25.9 Å². The highest BCUT2D eigenvalue weighted by molar-refractivity contribution is 7.91. The van der Waals surface area contributed by atoms with Gasteiger partial charge in [-0.25, -0.2) is 13.4 Å². The van der Waals surface area contributed by atoms with Crippen molar-refractivity contribution in [1.82, 2.24) is 14.5 Å². The first-order chi connectivity index (χ1) is 8.88. The second-order valence-electron chi connectivity index (χ2n) is 5.39. The van der Waals surface area contributed by atoms with Gasteiger partial charge in [-0.3, -0.25) is 4.90 Å². The number of aromatic nitrogens is 2. The van der Waals surface area contributed by atoms with Crippen molar-refractivity contribution >= 4 is 9.84 Å². The highest BCUT2D eigenvalue weighted by Gasteiger charge is 2.39. The van der Waals surface area contributed by atoms with E-state index in [0.717, 1.165) is 5.82 Å². The Kier molecular flexibility index (Phi) is 3.98. The first-order valence-electron chi connectivity index (χ1n) is 6.46. The van der Waals surface area contributed by atoms with Crippen molar-refractivity contribution in [3.63, 3.8) is 0 Å². The highest BCUT2D eigenvalue weighted by Crippen LogP contribution is 2.29. The third kappa shape index (κ3) is 2.98.